The number of anilines is 1. The standard InChI is InChI=1S/C18H14ClF2N3O2S/c19-11-5-7-12(8-6-11)24-17(26)14(9-22-10-25)16(23-24)13-3-1-2-4-15(13)27-18(20)21/h1-9,18,22,25H,10H2. The SMILES string of the molecule is O=C1C(=CNCO)C(c2ccccc2SC(F)F)=NN1c1ccc(Cl)cc1. The van der Waals surface area contributed by atoms with E-state index in [-0.39, 0.29) is 11.3 Å². The number of aliphatic hydroxyl groups excluding tert-OH is 1. The lowest BCUT2D eigenvalue weighted by atomic mass is 10.0. The fraction of sp³-hybridized carbons (Fsp3) is 0.111. The molecule has 9 heteroatoms. The van der Waals surface area contributed by atoms with E-state index in [1.54, 1.807) is 48.5 Å². The van der Waals surface area contributed by atoms with Crippen LogP contribution in [0.2, 0.25) is 5.02 Å². The molecule has 0 atom stereocenters. The maximum Gasteiger partial charge on any atom is 0.288 e. The minimum Gasteiger partial charge on any atom is -0.377 e. The quantitative estimate of drug-likeness (QED) is 0.432. The Morgan fingerprint density at radius 2 is 1.93 bits per heavy atom. The van der Waals surface area contributed by atoms with Gasteiger partial charge in [0.1, 0.15) is 12.4 Å². The highest BCUT2D eigenvalue weighted by molar-refractivity contribution is 7.99. The van der Waals surface area contributed by atoms with Crippen LogP contribution >= 0.6 is 23.4 Å². The zero-order valence-electron chi connectivity index (χ0n) is 13.8. The van der Waals surface area contributed by atoms with Crippen molar-refractivity contribution in [1.82, 2.24) is 5.32 Å². The van der Waals surface area contributed by atoms with E-state index in [4.69, 9.17) is 16.7 Å². The summed E-state index contributed by atoms with van der Waals surface area (Å²) in [7, 11) is 0. The van der Waals surface area contributed by atoms with Crippen LogP contribution in [0.25, 0.3) is 0 Å². The minimum atomic E-state index is -2.61. The van der Waals surface area contributed by atoms with Gasteiger partial charge in [0.15, 0.2) is 0 Å². The van der Waals surface area contributed by atoms with Crippen molar-refractivity contribution < 1.29 is 18.7 Å². The van der Waals surface area contributed by atoms with Crippen LogP contribution in [0.3, 0.4) is 0 Å². The first-order valence-electron chi connectivity index (χ1n) is 7.79. The summed E-state index contributed by atoms with van der Waals surface area (Å²) in [4.78, 5) is 13.1. The number of halogens is 3. The van der Waals surface area contributed by atoms with Crippen LogP contribution < -0.4 is 10.3 Å². The molecule has 0 radical (unpaired) electrons. The summed E-state index contributed by atoms with van der Waals surface area (Å²) in [6.07, 6.45) is 1.32. The lowest BCUT2D eigenvalue weighted by molar-refractivity contribution is -0.114. The van der Waals surface area contributed by atoms with Crippen molar-refractivity contribution in [2.75, 3.05) is 11.7 Å². The Balaban J connectivity index is 2.08. The fourth-order valence-electron chi connectivity index (χ4n) is 2.51. The Hall–Kier alpha value is -2.42. The number of hydrazone groups is 1. The summed E-state index contributed by atoms with van der Waals surface area (Å²) in [5.41, 5.74) is 1.27. The second kappa shape index (κ2) is 8.51. The first kappa shape index (κ1) is 19.3. The molecule has 5 nitrogen and oxygen atoms in total. The lowest BCUT2D eigenvalue weighted by Crippen LogP contribution is -2.23. The Labute approximate surface area is 163 Å². The van der Waals surface area contributed by atoms with Gasteiger partial charge in [-0.1, -0.05) is 41.6 Å². The van der Waals surface area contributed by atoms with Crippen molar-refractivity contribution in [3.63, 3.8) is 0 Å². The molecule has 1 amide bonds. The Bertz CT molecular complexity index is 904. The van der Waals surface area contributed by atoms with Gasteiger partial charge in [-0.25, -0.2) is 0 Å². The van der Waals surface area contributed by atoms with Crippen molar-refractivity contribution in [2.45, 2.75) is 10.7 Å². The molecule has 0 saturated heterocycles. The van der Waals surface area contributed by atoms with Gasteiger partial charge >= 0.3 is 0 Å². The van der Waals surface area contributed by atoms with Crippen LogP contribution in [0.4, 0.5) is 14.5 Å². The maximum absolute atomic E-state index is 12.9. The van der Waals surface area contributed by atoms with Gasteiger partial charge in [0, 0.05) is 21.7 Å². The minimum absolute atomic E-state index is 0.154. The topological polar surface area (TPSA) is 64.9 Å². The number of aliphatic hydroxyl groups is 1. The molecule has 0 saturated carbocycles. The van der Waals surface area contributed by atoms with Gasteiger partial charge in [-0.2, -0.15) is 18.9 Å². The molecule has 0 bridgehead atoms. The number of nitrogens with zero attached hydrogens (tertiary/aromatic N) is 2. The predicted octanol–water partition coefficient (Wildman–Crippen LogP) is 3.83. The van der Waals surface area contributed by atoms with Crippen LogP contribution in [0.5, 0.6) is 0 Å². The molecule has 3 rings (SSSR count). The zero-order chi connectivity index (χ0) is 19.4. The summed E-state index contributed by atoms with van der Waals surface area (Å²) in [6.45, 7) is -0.390. The van der Waals surface area contributed by atoms with Crippen molar-refractivity contribution >= 4 is 40.7 Å². The highest BCUT2D eigenvalue weighted by atomic mass is 35.5. The molecule has 0 spiro atoms. The van der Waals surface area contributed by atoms with E-state index >= 15 is 0 Å². The highest BCUT2D eigenvalue weighted by Crippen LogP contribution is 2.33. The third-order valence-electron chi connectivity index (χ3n) is 3.65. The number of carbonyl (C=O) groups excluding carboxylic acids is 1. The molecule has 1 heterocycles. The second-order valence-corrected chi connectivity index (χ2v) is 6.81. The second-order valence-electron chi connectivity index (χ2n) is 5.34. The number of amides is 1. The van der Waals surface area contributed by atoms with E-state index in [0.717, 1.165) is 0 Å². The summed E-state index contributed by atoms with van der Waals surface area (Å²) in [6, 6.07) is 13.0. The van der Waals surface area contributed by atoms with Crippen LogP contribution in [0, 0.1) is 0 Å². The van der Waals surface area contributed by atoms with E-state index in [2.05, 4.69) is 10.4 Å². The zero-order valence-corrected chi connectivity index (χ0v) is 15.3. The first-order valence-corrected chi connectivity index (χ1v) is 9.04. The summed E-state index contributed by atoms with van der Waals surface area (Å²) < 4.78 is 25.8. The predicted molar refractivity (Wildman–Crippen MR) is 102 cm³/mol. The molecule has 2 N–H and O–H groups in total. The smallest absolute Gasteiger partial charge is 0.288 e. The Morgan fingerprint density at radius 1 is 1.22 bits per heavy atom. The highest BCUT2D eigenvalue weighted by Gasteiger charge is 2.33. The number of hydrogen-bond donors (Lipinski definition) is 2. The van der Waals surface area contributed by atoms with Crippen molar-refractivity contribution in [3.8, 4) is 0 Å². The maximum atomic E-state index is 12.9. The van der Waals surface area contributed by atoms with E-state index in [9.17, 15) is 13.6 Å². The number of nitrogens with one attached hydrogen (secondary N) is 1. The van der Waals surface area contributed by atoms with Gasteiger partial charge in [-0.15, -0.1) is 0 Å². The van der Waals surface area contributed by atoms with Crippen molar-refractivity contribution in [1.29, 1.82) is 0 Å². The molecule has 27 heavy (non-hydrogen) atoms. The normalized spacial score (nSPS) is 15.6. The number of carbonyl (C=O) groups is 1. The molecule has 1 aliphatic rings. The van der Waals surface area contributed by atoms with Gasteiger partial charge in [0.05, 0.1) is 11.3 Å². The molecule has 2 aromatic carbocycles. The van der Waals surface area contributed by atoms with Gasteiger partial charge in [-0.3, -0.25) is 4.79 Å². The largest absolute Gasteiger partial charge is 0.377 e. The molecule has 140 valence electrons. The van der Waals surface area contributed by atoms with E-state index < -0.39 is 18.4 Å². The summed E-state index contributed by atoms with van der Waals surface area (Å²) in [5, 5.41) is 17.6. The van der Waals surface area contributed by atoms with Gasteiger partial charge in [0.25, 0.3) is 11.7 Å². The van der Waals surface area contributed by atoms with Crippen LogP contribution in [-0.2, 0) is 4.79 Å². The van der Waals surface area contributed by atoms with E-state index in [1.807, 2.05) is 0 Å². The van der Waals surface area contributed by atoms with Gasteiger partial charge < -0.3 is 10.4 Å². The number of rotatable bonds is 6. The third kappa shape index (κ3) is 4.29. The average Bonchev–Trinajstić information content (AvgIpc) is 2.97. The van der Waals surface area contributed by atoms with E-state index in [0.29, 0.717) is 32.9 Å². The van der Waals surface area contributed by atoms with E-state index in [1.165, 1.54) is 11.2 Å². The van der Waals surface area contributed by atoms with Crippen LogP contribution in [0.15, 0.2) is 70.3 Å². The van der Waals surface area contributed by atoms with Gasteiger partial charge in [0.2, 0.25) is 0 Å². The molecule has 0 fully saturated rings. The molecule has 1 aliphatic heterocycles. The first-order chi connectivity index (χ1) is 13.0. The molecular weight excluding hydrogens is 396 g/mol. The van der Waals surface area contributed by atoms with Crippen LogP contribution in [-0.4, -0.2) is 29.2 Å². The molecule has 0 aliphatic carbocycles. The number of alkyl halides is 2. The molecule has 2 aromatic rings. The molecular formula is C18H14ClF2N3O2S. The van der Waals surface area contributed by atoms with Crippen molar-refractivity contribution in [3.05, 3.63) is 70.9 Å². The van der Waals surface area contributed by atoms with Crippen LogP contribution in [0.1, 0.15) is 5.56 Å². The Kier molecular flexibility index (Phi) is 6.10. The number of benzene rings is 2. The third-order valence-corrected chi connectivity index (χ3v) is 4.69. The summed E-state index contributed by atoms with van der Waals surface area (Å²) in [5.74, 6) is -3.07. The average molecular weight is 410 g/mol. The summed E-state index contributed by atoms with van der Waals surface area (Å²) >= 11 is 6.26. The fourth-order valence-corrected chi connectivity index (χ4v) is 3.28. The number of thioether (sulfide) groups is 1. The lowest BCUT2D eigenvalue weighted by Gasteiger charge is -2.11. The van der Waals surface area contributed by atoms with Crippen molar-refractivity contribution in [2.24, 2.45) is 5.10 Å². The Morgan fingerprint density at radius 3 is 2.59 bits per heavy atom. The molecule has 0 unspecified atom stereocenters. The number of hydrogen-bond acceptors (Lipinski definition) is 5. The monoisotopic (exact) mass is 409 g/mol. The van der Waals surface area contributed by atoms with Gasteiger partial charge in [-0.05, 0) is 30.3 Å². The molecule has 0 aromatic heterocycles.